The molecule has 1 amide bonds. The second-order valence-corrected chi connectivity index (χ2v) is 8.02. The zero-order valence-electron chi connectivity index (χ0n) is 14.1. The van der Waals surface area contributed by atoms with Gasteiger partial charge >= 0.3 is 0 Å². The molecule has 4 rings (SSSR count). The first-order valence-electron chi connectivity index (χ1n) is 8.26. The molecule has 2 aromatic carbocycles. The Hall–Kier alpha value is -2.71. The molecule has 134 valence electrons. The number of rotatable bonds is 2. The van der Waals surface area contributed by atoms with Gasteiger partial charge in [-0.1, -0.05) is 18.2 Å². The predicted molar refractivity (Wildman–Crippen MR) is 100 cm³/mol. The summed E-state index contributed by atoms with van der Waals surface area (Å²) in [6.07, 6.45) is 1.87. The van der Waals surface area contributed by atoms with Crippen LogP contribution in [0.5, 0.6) is 0 Å². The van der Waals surface area contributed by atoms with Crippen LogP contribution in [0.4, 0.5) is 11.4 Å². The highest BCUT2D eigenvalue weighted by Crippen LogP contribution is 2.37. The average molecular weight is 370 g/mol. The number of fused-ring (bicyclic) bond motifs is 2. The number of carbonyl (C=O) groups is 1. The Balaban J connectivity index is 1.79. The van der Waals surface area contributed by atoms with Crippen LogP contribution >= 0.6 is 0 Å². The monoisotopic (exact) mass is 370 g/mol. The van der Waals surface area contributed by atoms with Gasteiger partial charge in [-0.15, -0.1) is 4.40 Å². The number of hydrogen-bond acceptors (Lipinski definition) is 5. The predicted octanol–water partition coefficient (Wildman–Crippen LogP) is 1.88. The summed E-state index contributed by atoms with van der Waals surface area (Å²) in [7, 11) is -3.79. The Morgan fingerprint density at radius 1 is 1.35 bits per heavy atom. The van der Waals surface area contributed by atoms with Crippen LogP contribution in [0.25, 0.3) is 0 Å². The van der Waals surface area contributed by atoms with E-state index in [1.165, 1.54) is 6.07 Å². The van der Waals surface area contributed by atoms with Crippen molar-refractivity contribution in [1.82, 2.24) is 0 Å². The third-order valence-electron chi connectivity index (χ3n) is 4.76. The molecule has 26 heavy (non-hydrogen) atoms. The number of nitrogens with one attached hydrogen (secondary N) is 1. The molecule has 1 atom stereocenters. The van der Waals surface area contributed by atoms with Gasteiger partial charge in [0.15, 0.2) is 0 Å². The molecule has 0 saturated heterocycles. The number of hydrogen-bond donors (Lipinski definition) is 2. The quantitative estimate of drug-likeness (QED) is 0.840. The van der Waals surface area contributed by atoms with Crippen LogP contribution < -0.4 is 16.0 Å². The zero-order chi connectivity index (χ0) is 18.5. The first-order chi connectivity index (χ1) is 12.4. The van der Waals surface area contributed by atoms with Gasteiger partial charge in [-0.05, 0) is 42.7 Å². The molecule has 0 aliphatic carbocycles. The fourth-order valence-electron chi connectivity index (χ4n) is 3.56. The van der Waals surface area contributed by atoms with Crippen molar-refractivity contribution >= 4 is 33.6 Å². The number of para-hydroxylation sites is 1. The zero-order valence-corrected chi connectivity index (χ0v) is 15.0. The minimum atomic E-state index is -3.79. The number of sulfonamides is 1. The van der Waals surface area contributed by atoms with Crippen molar-refractivity contribution in [2.75, 3.05) is 10.2 Å². The molecule has 0 spiro atoms. The number of benzene rings is 2. The van der Waals surface area contributed by atoms with E-state index in [4.69, 9.17) is 5.73 Å². The van der Waals surface area contributed by atoms with E-state index >= 15 is 0 Å². The minimum Gasteiger partial charge on any atom is -0.345 e. The van der Waals surface area contributed by atoms with E-state index in [1.807, 2.05) is 25.1 Å². The molecule has 7 nitrogen and oxygen atoms in total. The van der Waals surface area contributed by atoms with Crippen LogP contribution in [0.3, 0.4) is 0 Å². The molecule has 2 aliphatic rings. The van der Waals surface area contributed by atoms with Crippen molar-refractivity contribution in [3.63, 3.8) is 0 Å². The van der Waals surface area contributed by atoms with Crippen molar-refractivity contribution in [2.45, 2.75) is 30.8 Å². The highest BCUT2D eigenvalue weighted by molar-refractivity contribution is 7.90. The summed E-state index contributed by atoms with van der Waals surface area (Å²) in [5.41, 5.74) is 9.38. The van der Waals surface area contributed by atoms with Crippen molar-refractivity contribution in [1.29, 1.82) is 0 Å². The van der Waals surface area contributed by atoms with Crippen LogP contribution in [-0.4, -0.2) is 26.7 Å². The first kappa shape index (κ1) is 16.7. The molecule has 3 N–H and O–H groups in total. The number of nitrogens with two attached hydrogens (primary N) is 1. The van der Waals surface area contributed by atoms with E-state index in [0.717, 1.165) is 29.6 Å². The second kappa shape index (κ2) is 5.93. The molecule has 1 unspecified atom stereocenters. The highest BCUT2D eigenvalue weighted by Gasteiger charge is 2.34. The van der Waals surface area contributed by atoms with Gasteiger partial charge in [-0.2, -0.15) is 8.42 Å². The maximum atomic E-state index is 13.2. The maximum Gasteiger partial charge on any atom is 0.285 e. The van der Waals surface area contributed by atoms with Crippen LogP contribution in [0, 0.1) is 0 Å². The topological polar surface area (TPSA) is 105 Å². The molecule has 2 aromatic rings. The molecule has 0 fully saturated rings. The van der Waals surface area contributed by atoms with Crippen LogP contribution in [-0.2, 0) is 23.0 Å². The van der Waals surface area contributed by atoms with Crippen molar-refractivity contribution in [3.8, 4) is 0 Å². The Morgan fingerprint density at radius 3 is 2.92 bits per heavy atom. The lowest BCUT2D eigenvalue weighted by Gasteiger charge is -2.25. The van der Waals surface area contributed by atoms with E-state index in [9.17, 15) is 13.2 Å². The van der Waals surface area contributed by atoms with Gasteiger partial charge in [-0.3, -0.25) is 4.79 Å². The summed E-state index contributed by atoms with van der Waals surface area (Å²) in [4.78, 5) is 14.9. The van der Waals surface area contributed by atoms with Crippen LogP contribution in [0.15, 0.2) is 45.7 Å². The maximum absolute atomic E-state index is 13.2. The van der Waals surface area contributed by atoms with E-state index in [0.29, 0.717) is 17.8 Å². The molecule has 0 aromatic heterocycles. The van der Waals surface area contributed by atoms with Crippen LogP contribution in [0.2, 0.25) is 0 Å². The summed E-state index contributed by atoms with van der Waals surface area (Å²) >= 11 is 0. The fourth-order valence-corrected chi connectivity index (χ4v) is 4.55. The number of carbonyl (C=O) groups excluding carboxylic acids is 1. The molecule has 0 bridgehead atoms. The minimum absolute atomic E-state index is 0.00466. The standard InChI is InChI=1S/C18H18N4O3S/c1-11-7-12-3-2-4-14(9-19)17(12)22(11)18(23)13-5-6-15-16(8-13)26(24,25)21-10-20-15/h2-6,8,10-11H,7,9,19H2,1H3,(H,20,21). The van der Waals surface area contributed by atoms with Gasteiger partial charge in [0.25, 0.3) is 15.9 Å². The molecule has 0 saturated carbocycles. The Morgan fingerprint density at radius 2 is 2.15 bits per heavy atom. The molecule has 2 aliphatic heterocycles. The largest absolute Gasteiger partial charge is 0.345 e. The fraction of sp³-hybridized carbons (Fsp3) is 0.222. The van der Waals surface area contributed by atoms with Gasteiger partial charge in [0.2, 0.25) is 0 Å². The Kier molecular flexibility index (Phi) is 3.82. The summed E-state index contributed by atoms with van der Waals surface area (Å²) in [6, 6.07) is 10.4. The number of nitrogens with zero attached hydrogens (tertiary/aromatic N) is 2. The number of amides is 1. The van der Waals surface area contributed by atoms with Crippen molar-refractivity contribution in [2.24, 2.45) is 10.1 Å². The highest BCUT2D eigenvalue weighted by atomic mass is 32.2. The lowest BCUT2D eigenvalue weighted by molar-refractivity contribution is 0.0981. The lowest BCUT2D eigenvalue weighted by atomic mass is 10.1. The van der Waals surface area contributed by atoms with Gasteiger partial charge in [0.05, 0.1) is 11.4 Å². The molecule has 2 heterocycles. The summed E-state index contributed by atoms with van der Waals surface area (Å²) in [6.45, 7) is 2.30. The second-order valence-electron chi connectivity index (χ2n) is 6.42. The van der Waals surface area contributed by atoms with Gasteiger partial charge < -0.3 is 16.0 Å². The molecular formula is C18H18N4O3S. The molecule has 8 heteroatoms. The van der Waals surface area contributed by atoms with E-state index < -0.39 is 10.0 Å². The lowest BCUT2D eigenvalue weighted by Crippen LogP contribution is -2.36. The first-order valence-corrected chi connectivity index (χ1v) is 9.70. The summed E-state index contributed by atoms with van der Waals surface area (Å²) in [5, 5.41) is 2.78. The van der Waals surface area contributed by atoms with Gasteiger partial charge in [0.1, 0.15) is 11.2 Å². The van der Waals surface area contributed by atoms with E-state index in [-0.39, 0.29) is 16.8 Å². The van der Waals surface area contributed by atoms with Gasteiger partial charge in [-0.25, -0.2) is 0 Å². The smallest absolute Gasteiger partial charge is 0.285 e. The average Bonchev–Trinajstić information content (AvgIpc) is 2.96. The third-order valence-corrected chi connectivity index (χ3v) is 6.03. The van der Waals surface area contributed by atoms with Crippen molar-refractivity contribution < 1.29 is 13.2 Å². The van der Waals surface area contributed by atoms with Gasteiger partial charge in [0, 0.05) is 18.2 Å². The summed E-state index contributed by atoms with van der Waals surface area (Å²) < 4.78 is 27.8. The third kappa shape index (κ3) is 2.49. The Labute approximate surface area is 151 Å². The SMILES string of the molecule is CC1Cc2cccc(CN)c2N1C(=O)c1ccc2c(c1)S(=O)(=O)N=CN2. The molecule has 0 radical (unpaired) electrons. The van der Waals surface area contributed by atoms with Crippen molar-refractivity contribution in [3.05, 3.63) is 53.1 Å². The molecular weight excluding hydrogens is 352 g/mol. The Bertz CT molecular complexity index is 1050. The normalized spacial score (nSPS) is 19.6. The summed E-state index contributed by atoms with van der Waals surface area (Å²) in [5.74, 6) is -0.246. The van der Waals surface area contributed by atoms with E-state index in [2.05, 4.69) is 9.71 Å². The van der Waals surface area contributed by atoms with E-state index in [1.54, 1.807) is 17.0 Å². The van der Waals surface area contributed by atoms with Crippen LogP contribution in [0.1, 0.15) is 28.4 Å². The number of anilines is 2.